The Morgan fingerprint density at radius 2 is 1.49 bits per heavy atom. The number of carboxylic acid groups (broad SMARTS) is 1. The number of ether oxygens (including phenoxy) is 1. The highest BCUT2D eigenvalue weighted by Crippen LogP contribution is 2.49. The van der Waals surface area contributed by atoms with Gasteiger partial charge in [-0.1, -0.05) is 17.7 Å². The quantitative estimate of drug-likeness (QED) is 0.0702. The number of aliphatic hydroxyl groups is 1. The van der Waals surface area contributed by atoms with E-state index in [0.717, 1.165) is 123 Å². The van der Waals surface area contributed by atoms with Crippen LogP contribution in [0.25, 0.3) is 16.5 Å². The lowest BCUT2D eigenvalue weighted by Gasteiger charge is -2.39. The van der Waals surface area contributed by atoms with Crippen molar-refractivity contribution in [3.63, 3.8) is 0 Å². The van der Waals surface area contributed by atoms with Crippen molar-refractivity contribution < 1.29 is 34.1 Å². The van der Waals surface area contributed by atoms with Gasteiger partial charge in [-0.3, -0.25) is 19.0 Å². The van der Waals surface area contributed by atoms with Gasteiger partial charge in [0.15, 0.2) is 0 Å². The first-order chi connectivity index (χ1) is 34.1. The molecule has 0 aliphatic carbocycles. The Morgan fingerprint density at radius 3 is 2.27 bits per heavy atom. The lowest BCUT2D eigenvalue weighted by atomic mass is 9.81. The normalized spacial score (nSPS) is 15.4. The van der Waals surface area contributed by atoms with Gasteiger partial charge in [0.25, 0.3) is 11.8 Å². The van der Waals surface area contributed by atoms with Crippen LogP contribution in [0.4, 0.5) is 5.69 Å². The minimum Gasteiger partial charge on any atom is -0.478 e. The number of halogens is 1. The third kappa shape index (κ3) is 8.14. The number of aliphatic hydroxyl groups excluding tert-OH is 1. The molecule has 0 fully saturated rings. The van der Waals surface area contributed by atoms with Crippen molar-refractivity contribution >= 4 is 57.5 Å². The van der Waals surface area contributed by atoms with Crippen molar-refractivity contribution in [2.75, 3.05) is 44.2 Å². The summed E-state index contributed by atoms with van der Waals surface area (Å²) in [5, 5.41) is 30.2. The Hall–Kier alpha value is -6.76. The fraction of sp³-hybridized carbons (Fsp3) is 0.351. The number of anilines is 1. The molecule has 12 nitrogen and oxygen atoms in total. The smallest absolute Gasteiger partial charge is 0.336 e. The van der Waals surface area contributed by atoms with Gasteiger partial charge in [0.2, 0.25) is 11.3 Å². The molecule has 1 aromatic heterocycles. The molecule has 13 heteroatoms. The summed E-state index contributed by atoms with van der Waals surface area (Å²) in [6, 6.07) is 21.6. The largest absolute Gasteiger partial charge is 0.478 e. The van der Waals surface area contributed by atoms with E-state index in [2.05, 4.69) is 32.2 Å². The molecule has 358 valence electrons. The number of hydrogen-bond donors (Lipinski definition) is 4. The monoisotopic (exact) mass is 958 g/mol. The lowest BCUT2D eigenvalue weighted by molar-refractivity contribution is -0.120. The van der Waals surface area contributed by atoms with Crippen LogP contribution in [0.3, 0.4) is 0 Å². The van der Waals surface area contributed by atoms with Crippen LogP contribution in [0, 0.1) is 6.92 Å². The molecular weight excluding hydrogens is 902 g/mol. The summed E-state index contributed by atoms with van der Waals surface area (Å²) in [7, 11) is 0. The molecule has 5 aromatic carbocycles. The first kappa shape index (κ1) is 45.7. The molecule has 0 spiro atoms. The van der Waals surface area contributed by atoms with Crippen molar-refractivity contribution in [3.8, 4) is 11.5 Å². The molecule has 0 atom stereocenters. The molecule has 11 rings (SSSR count). The number of aryl methyl sites for hydroxylation is 2. The second-order valence-electron chi connectivity index (χ2n) is 19.5. The predicted octanol–water partition coefficient (Wildman–Crippen LogP) is 7.18. The zero-order valence-electron chi connectivity index (χ0n) is 39.5. The van der Waals surface area contributed by atoms with E-state index in [1.807, 2.05) is 13.0 Å². The van der Waals surface area contributed by atoms with E-state index >= 15 is 0 Å². The summed E-state index contributed by atoms with van der Waals surface area (Å²) in [4.78, 5) is 56.8. The summed E-state index contributed by atoms with van der Waals surface area (Å²) >= 11 is 6.09. The fourth-order valence-electron chi connectivity index (χ4n) is 11.9. The van der Waals surface area contributed by atoms with Crippen LogP contribution in [0.5, 0.6) is 11.5 Å². The second kappa shape index (κ2) is 18.9. The number of fused-ring (bicyclic) bond motifs is 5. The SMILES string of the molecule is Cc1c(CC(=O)NCCCCCNC(=O)c2ccc(C(=O)O)c(C3=c4cc5c6c(c4Oc4c3cc3c7c4CCCN7CCC3)CCC[N+]=6CCC5)c2)c2cc(CO)ccc2n1C(=O)c1ccc(Cl)cc1. The van der Waals surface area contributed by atoms with Gasteiger partial charge >= 0.3 is 5.97 Å². The van der Waals surface area contributed by atoms with Gasteiger partial charge in [-0.2, -0.15) is 0 Å². The Kier molecular flexibility index (Phi) is 12.3. The van der Waals surface area contributed by atoms with Crippen LogP contribution in [-0.4, -0.2) is 77.7 Å². The average molecular weight is 960 g/mol. The number of hydrogen-bond acceptors (Lipinski definition) is 7. The molecule has 0 bridgehead atoms. The van der Waals surface area contributed by atoms with Crippen molar-refractivity contribution in [3.05, 3.63) is 155 Å². The fourth-order valence-corrected chi connectivity index (χ4v) is 12.0. The number of unbranched alkanes of at least 4 members (excludes halogenated alkanes) is 2. The van der Waals surface area contributed by atoms with E-state index in [1.165, 1.54) is 33.3 Å². The number of aromatic carboxylic acids is 1. The van der Waals surface area contributed by atoms with Gasteiger partial charge in [-0.15, -0.1) is 0 Å². The topological polar surface area (TPSA) is 153 Å². The number of carboxylic acids is 1. The number of aromatic nitrogens is 1. The molecule has 0 radical (unpaired) electrons. The molecular formula is C57H57ClN5O7+. The van der Waals surface area contributed by atoms with Crippen LogP contribution >= 0.6 is 11.6 Å². The maximum absolute atomic E-state index is 14.0. The number of rotatable bonds is 13. The van der Waals surface area contributed by atoms with E-state index in [1.54, 1.807) is 59.2 Å². The maximum Gasteiger partial charge on any atom is 0.336 e. The molecule has 0 saturated carbocycles. The number of amides is 2. The van der Waals surface area contributed by atoms with Crippen molar-refractivity contribution in [1.82, 2.24) is 19.8 Å². The van der Waals surface area contributed by atoms with Crippen LogP contribution in [0.2, 0.25) is 5.02 Å². The van der Waals surface area contributed by atoms with Gasteiger partial charge < -0.3 is 30.5 Å². The predicted molar refractivity (Wildman–Crippen MR) is 270 cm³/mol. The Balaban J connectivity index is 0.804. The summed E-state index contributed by atoms with van der Waals surface area (Å²) in [5.74, 6) is -0.0744. The molecule has 5 aliphatic heterocycles. The van der Waals surface area contributed by atoms with Crippen molar-refractivity contribution in [2.24, 2.45) is 0 Å². The van der Waals surface area contributed by atoms with Crippen LogP contribution in [-0.2, 0) is 43.5 Å². The summed E-state index contributed by atoms with van der Waals surface area (Å²) < 4.78 is 11.3. The van der Waals surface area contributed by atoms with Gasteiger partial charge in [0.1, 0.15) is 24.6 Å². The van der Waals surface area contributed by atoms with Gasteiger partial charge in [-0.25, -0.2) is 9.37 Å². The molecule has 0 saturated heterocycles. The van der Waals surface area contributed by atoms with E-state index in [-0.39, 0.29) is 36.3 Å². The van der Waals surface area contributed by atoms with Gasteiger partial charge in [0.05, 0.1) is 29.7 Å². The van der Waals surface area contributed by atoms with Crippen molar-refractivity contribution in [2.45, 2.75) is 90.6 Å². The highest BCUT2D eigenvalue weighted by molar-refractivity contribution is 6.30. The zero-order valence-corrected chi connectivity index (χ0v) is 40.3. The number of nitrogens with zero attached hydrogens (tertiary/aromatic N) is 3. The molecule has 0 unspecified atom stereocenters. The first-order valence-corrected chi connectivity index (χ1v) is 25.3. The number of nitrogens with one attached hydrogen (secondary N) is 2. The highest BCUT2D eigenvalue weighted by Gasteiger charge is 2.37. The minimum absolute atomic E-state index is 0.0596. The summed E-state index contributed by atoms with van der Waals surface area (Å²) in [5.41, 5.74) is 12.3. The molecule has 5 aliphatic rings. The molecule has 6 aromatic rings. The lowest BCUT2D eigenvalue weighted by Crippen LogP contribution is -2.45. The number of benzene rings is 5. The van der Waals surface area contributed by atoms with E-state index < -0.39 is 5.97 Å². The van der Waals surface area contributed by atoms with Gasteiger partial charge in [0, 0.05) is 99.4 Å². The molecule has 4 N–H and O–H groups in total. The third-order valence-electron chi connectivity index (χ3n) is 15.1. The second-order valence-corrected chi connectivity index (χ2v) is 19.9. The Labute approximate surface area is 411 Å². The third-order valence-corrected chi connectivity index (χ3v) is 15.4. The summed E-state index contributed by atoms with van der Waals surface area (Å²) in [6.07, 6.45) is 10.0. The minimum atomic E-state index is -1.05. The van der Waals surface area contributed by atoms with Crippen LogP contribution in [0.1, 0.15) is 126 Å². The van der Waals surface area contributed by atoms with Crippen molar-refractivity contribution in [1.29, 1.82) is 0 Å². The highest BCUT2D eigenvalue weighted by atomic mass is 35.5. The van der Waals surface area contributed by atoms with Crippen LogP contribution < -0.4 is 35.4 Å². The zero-order chi connectivity index (χ0) is 48.2. The first-order valence-electron chi connectivity index (χ1n) is 25.0. The Morgan fingerprint density at radius 1 is 0.757 bits per heavy atom. The molecule has 6 heterocycles. The Bertz CT molecular complexity index is 3310. The van der Waals surface area contributed by atoms with E-state index in [4.69, 9.17) is 16.3 Å². The maximum atomic E-state index is 14.0. The molecule has 70 heavy (non-hydrogen) atoms. The number of carbonyl (C=O) groups is 4. The standard InChI is InChI=1S/C57H56ClN5O7/c1-33-43(44-27-34(32-64)13-20-48(44)63(33)56(67)35-14-17-39(58)18-15-35)31-49(65)59-21-3-2-4-22-60-55(66)38-16-19-40(57(68)69)45(30-38)50-46-28-36-9-5-23-61-25-7-11-41(51(36)61)53(46)70-54-42-12-8-26-62-24-6-10-37(52(42)62)29-47(50)54/h13-20,27-30,64H,2-12,21-26,31-32H2,1H3,(H2-,59,60,65,66,68,69)/p+1. The summed E-state index contributed by atoms with van der Waals surface area (Å²) in [6.45, 7) is 6.60. The molecule has 2 amide bonds. The van der Waals surface area contributed by atoms with E-state index in [0.29, 0.717) is 64.4 Å². The number of carbonyl (C=O) groups excluding carboxylic acids is 3. The van der Waals surface area contributed by atoms with E-state index in [9.17, 15) is 29.4 Å². The van der Waals surface area contributed by atoms with Gasteiger partial charge in [-0.05, 0) is 154 Å². The van der Waals surface area contributed by atoms with Crippen LogP contribution in [0.15, 0.2) is 72.8 Å². The average Bonchev–Trinajstić information content (AvgIpc) is 3.64.